The number of carbonyl (C=O) groups excluding carboxylic acids is 2. The van der Waals surface area contributed by atoms with Gasteiger partial charge >= 0.3 is 0 Å². The SMILES string of the molecule is CNC(=O)[C@H](Cc1ccccc1)N(Cc1ccccc1Cl)C(=O)CSCc1ccc(Br)cc1. The van der Waals surface area contributed by atoms with Gasteiger partial charge in [-0.2, -0.15) is 0 Å². The molecule has 0 fully saturated rings. The number of amides is 2. The molecule has 0 saturated carbocycles. The molecule has 0 aliphatic carbocycles. The maximum Gasteiger partial charge on any atom is 0.242 e. The van der Waals surface area contributed by atoms with Gasteiger partial charge in [0.15, 0.2) is 0 Å². The molecule has 0 unspecified atom stereocenters. The lowest BCUT2D eigenvalue weighted by Gasteiger charge is -2.31. The Morgan fingerprint density at radius 3 is 2.30 bits per heavy atom. The summed E-state index contributed by atoms with van der Waals surface area (Å²) >= 11 is 11.4. The lowest BCUT2D eigenvalue weighted by molar-refractivity contribution is -0.139. The van der Waals surface area contributed by atoms with Crippen LogP contribution in [0.4, 0.5) is 0 Å². The van der Waals surface area contributed by atoms with Crippen molar-refractivity contribution >= 4 is 51.1 Å². The third-order valence-electron chi connectivity index (χ3n) is 5.22. The van der Waals surface area contributed by atoms with E-state index in [4.69, 9.17) is 11.6 Å². The van der Waals surface area contributed by atoms with Gasteiger partial charge in [0.1, 0.15) is 6.04 Å². The van der Waals surface area contributed by atoms with Gasteiger partial charge in [0, 0.05) is 35.3 Å². The molecular formula is C26H26BrClN2O2S. The Balaban J connectivity index is 1.81. The van der Waals surface area contributed by atoms with Gasteiger partial charge in [0.2, 0.25) is 11.8 Å². The van der Waals surface area contributed by atoms with E-state index in [-0.39, 0.29) is 24.1 Å². The maximum absolute atomic E-state index is 13.4. The molecule has 1 atom stereocenters. The second-order valence-corrected chi connectivity index (χ2v) is 9.86. The number of nitrogens with zero attached hydrogens (tertiary/aromatic N) is 1. The molecule has 0 spiro atoms. The number of thioether (sulfide) groups is 1. The Kier molecular flexibility index (Phi) is 9.85. The predicted molar refractivity (Wildman–Crippen MR) is 140 cm³/mol. The van der Waals surface area contributed by atoms with Crippen molar-refractivity contribution in [2.45, 2.75) is 24.8 Å². The van der Waals surface area contributed by atoms with Crippen LogP contribution in [-0.4, -0.2) is 35.6 Å². The molecule has 2 amide bonds. The van der Waals surface area contributed by atoms with Crippen molar-refractivity contribution < 1.29 is 9.59 Å². The first-order valence-electron chi connectivity index (χ1n) is 10.6. The fourth-order valence-corrected chi connectivity index (χ4v) is 4.78. The number of nitrogens with one attached hydrogen (secondary N) is 1. The van der Waals surface area contributed by atoms with Crippen LogP contribution in [0.2, 0.25) is 5.02 Å². The predicted octanol–water partition coefficient (Wildman–Crippen LogP) is 5.72. The van der Waals surface area contributed by atoms with E-state index in [0.29, 0.717) is 17.2 Å². The van der Waals surface area contributed by atoms with Crippen LogP contribution in [-0.2, 0) is 28.3 Å². The highest BCUT2D eigenvalue weighted by atomic mass is 79.9. The van der Waals surface area contributed by atoms with E-state index in [1.54, 1.807) is 18.0 Å². The minimum Gasteiger partial charge on any atom is -0.357 e. The number of halogens is 2. The van der Waals surface area contributed by atoms with E-state index in [2.05, 4.69) is 21.2 Å². The molecule has 3 rings (SSSR count). The lowest BCUT2D eigenvalue weighted by atomic mass is 10.0. The fraction of sp³-hybridized carbons (Fsp3) is 0.231. The van der Waals surface area contributed by atoms with Crippen molar-refractivity contribution in [2.75, 3.05) is 12.8 Å². The summed E-state index contributed by atoms with van der Waals surface area (Å²) in [6.45, 7) is 0.266. The molecule has 0 radical (unpaired) electrons. The molecule has 7 heteroatoms. The zero-order valence-corrected chi connectivity index (χ0v) is 21.5. The minimum atomic E-state index is -0.644. The van der Waals surface area contributed by atoms with Crippen molar-refractivity contribution in [3.05, 3.63) is 105 Å². The van der Waals surface area contributed by atoms with E-state index < -0.39 is 6.04 Å². The first-order chi connectivity index (χ1) is 16.0. The second kappa shape index (κ2) is 12.8. The van der Waals surface area contributed by atoms with Crippen LogP contribution in [0.25, 0.3) is 0 Å². The molecule has 0 aromatic heterocycles. The standard InChI is InChI=1S/C26H26BrClN2O2S/c1-29-26(32)24(15-19-7-3-2-4-8-19)30(16-21-9-5-6-10-23(21)28)25(31)18-33-17-20-11-13-22(27)14-12-20/h2-14,24H,15-18H2,1H3,(H,29,32)/t24-/m0/s1. The highest BCUT2D eigenvalue weighted by Crippen LogP contribution is 2.22. The molecule has 0 heterocycles. The highest BCUT2D eigenvalue weighted by Gasteiger charge is 2.30. The molecule has 0 aliphatic rings. The maximum atomic E-state index is 13.4. The van der Waals surface area contributed by atoms with Crippen molar-refractivity contribution in [2.24, 2.45) is 0 Å². The van der Waals surface area contributed by atoms with Gasteiger partial charge in [-0.3, -0.25) is 9.59 Å². The zero-order valence-electron chi connectivity index (χ0n) is 18.3. The van der Waals surface area contributed by atoms with Gasteiger partial charge in [-0.1, -0.05) is 88.2 Å². The summed E-state index contributed by atoms with van der Waals surface area (Å²) in [6, 6.07) is 24.6. The lowest BCUT2D eigenvalue weighted by Crippen LogP contribution is -2.50. The number of rotatable bonds is 10. The first-order valence-corrected chi connectivity index (χ1v) is 12.9. The van der Waals surface area contributed by atoms with E-state index >= 15 is 0 Å². The Bertz CT molecular complexity index is 1060. The Labute approximate surface area is 212 Å². The van der Waals surface area contributed by atoms with E-state index in [0.717, 1.165) is 21.2 Å². The van der Waals surface area contributed by atoms with Crippen LogP contribution in [0, 0.1) is 0 Å². The number of hydrogen-bond acceptors (Lipinski definition) is 3. The summed E-state index contributed by atoms with van der Waals surface area (Å²) in [6.07, 6.45) is 0.425. The number of hydrogen-bond donors (Lipinski definition) is 1. The van der Waals surface area contributed by atoms with Crippen LogP contribution in [0.5, 0.6) is 0 Å². The van der Waals surface area contributed by atoms with Crippen LogP contribution < -0.4 is 5.32 Å². The molecule has 0 saturated heterocycles. The van der Waals surface area contributed by atoms with E-state index in [1.165, 1.54) is 11.8 Å². The van der Waals surface area contributed by atoms with E-state index in [1.807, 2.05) is 72.8 Å². The molecule has 4 nitrogen and oxygen atoms in total. The Morgan fingerprint density at radius 1 is 0.970 bits per heavy atom. The summed E-state index contributed by atoms with van der Waals surface area (Å²) in [5, 5.41) is 3.31. The summed E-state index contributed by atoms with van der Waals surface area (Å²) in [7, 11) is 1.60. The third kappa shape index (κ3) is 7.63. The van der Waals surface area contributed by atoms with Crippen molar-refractivity contribution in [3.63, 3.8) is 0 Å². The third-order valence-corrected chi connectivity index (χ3v) is 7.11. The van der Waals surface area contributed by atoms with Gasteiger partial charge < -0.3 is 10.2 Å². The molecular weight excluding hydrogens is 520 g/mol. The van der Waals surface area contributed by atoms with Crippen LogP contribution in [0.1, 0.15) is 16.7 Å². The largest absolute Gasteiger partial charge is 0.357 e. The molecule has 1 N–H and O–H groups in total. The van der Waals surface area contributed by atoms with E-state index in [9.17, 15) is 9.59 Å². The van der Waals surface area contributed by atoms with Crippen molar-refractivity contribution in [1.29, 1.82) is 0 Å². The number of likely N-dealkylation sites (N-methyl/N-ethyl adjacent to an activating group) is 1. The summed E-state index contributed by atoms with van der Waals surface area (Å²) < 4.78 is 1.02. The molecule has 0 bridgehead atoms. The Hall–Kier alpha value is -2.28. The van der Waals surface area contributed by atoms with Crippen LogP contribution in [0.3, 0.4) is 0 Å². The average Bonchev–Trinajstić information content (AvgIpc) is 2.83. The fourth-order valence-electron chi connectivity index (χ4n) is 3.45. The van der Waals surface area contributed by atoms with Crippen molar-refractivity contribution in [1.82, 2.24) is 10.2 Å². The van der Waals surface area contributed by atoms with Gasteiger partial charge in [-0.15, -0.1) is 11.8 Å². The molecule has 33 heavy (non-hydrogen) atoms. The summed E-state index contributed by atoms with van der Waals surface area (Å²) in [4.78, 5) is 28.0. The minimum absolute atomic E-state index is 0.0958. The topological polar surface area (TPSA) is 49.4 Å². The van der Waals surface area contributed by atoms with Crippen LogP contribution >= 0.6 is 39.3 Å². The normalized spacial score (nSPS) is 11.6. The average molecular weight is 546 g/mol. The quantitative estimate of drug-likeness (QED) is 0.354. The molecule has 3 aromatic rings. The molecule has 172 valence electrons. The number of benzene rings is 3. The van der Waals surface area contributed by atoms with Gasteiger partial charge in [0.25, 0.3) is 0 Å². The van der Waals surface area contributed by atoms with Crippen LogP contribution in [0.15, 0.2) is 83.3 Å². The molecule has 3 aromatic carbocycles. The second-order valence-electron chi connectivity index (χ2n) is 7.55. The highest BCUT2D eigenvalue weighted by molar-refractivity contribution is 9.10. The van der Waals surface area contributed by atoms with Crippen molar-refractivity contribution in [3.8, 4) is 0 Å². The zero-order chi connectivity index (χ0) is 23.6. The number of carbonyl (C=O) groups is 2. The van der Waals surface area contributed by atoms with Gasteiger partial charge in [0.05, 0.1) is 5.75 Å². The molecule has 0 aliphatic heterocycles. The summed E-state index contributed by atoms with van der Waals surface area (Å²) in [5.74, 6) is 0.684. The summed E-state index contributed by atoms with van der Waals surface area (Å²) in [5.41, 5.74) is 2.94. The smallest absolute Gasteiger partial charge is 0.242 e. The first kappa shape index (κ1) is 25.3. The monoisotopic (exact) mass is 544 g/mol. The Morgan fingerprint density at radius 2 is 1.64 bits per heavy atom. The van der Waals surface area contributed by atoms with Gasteiger partial charge in [-0.05, 0) is 34.9 Å². The van der Waals surface area contributed by atoms with Gasteiger partial charge in [-0.25, -0.2) is 0 Å².